The highest BCUT2D eigenvalue weighted by molar-refractivity contribution is 6.39. The molecule has 0 aliphatic heterocycles. The van der Waals surface area contributed by atoms with Crippen LogP contribution in [0.15, 0.2) is 42.5 Å². The van der Waals surface area contributed by atoms with Crippen molar-refractivity contribution in [2.24, 2.45) is 0 Å². The number of aryl methyl sites for hydroxylation is 1. The summed E-state index contributed by atoms with van der Waals surface area (Å²) in [6.45, 7) is 3.12. The maximum absolute atomic E-state index is 11.4. The van der Waals surface area contributed by atoms with Crippen molar-refractivity contribution >= 4 is 23.3 Å². The van der Waals surface area contributed by atoms with E-state index in [1.807, 2.05) is 13.0 Å². The van der Waals surface area contributed by atoms with E-state index in [4.69, 9.17) is 5.11 Å². The summed E-state index contributed by atoms with van der Waals surface area (Å²) in [6.07, 6.45) is 0. The molecule has 0 aliphatic carbocycles. The first-order valence-corrected chi connectivity index (χ1v) is 6.65. The molecule has 0 atom stereocenters. The highest BCUT2D eigenvalue weighted by Crippen LogP contribution is 2.27. The molecule has 0 unspecified atom stereocenters. The number of hydrogen-bond donors (Lipinski definition) is 2. The van der Waals surface area contributed by atoms with Crippen molar-refractivity contribution in [3.05, 3.63) is 53.6 Å². The summed E-state index contributed by atoms with van der Waals surface area (Å²) in [5.74, 6) is -2.21. The van der Waals surface area contributed by atoms with Gasteiger partial charge in [-0.1, -0.05) is 18.2 Å². The maximum atomic E-state index is 11.4. The van der Waals surface area contributed by atoms with Gasteiger partial charge in [0.05, 0.1) is 5.56 Å². The zero-order chi connectivity index (χ0) is 16.3. The lowest BCUT2D eigenvalue weighted by atomic mass is 9.99. The molecule has 0 fully saturated rings. The average molecular weight is 297 g/mol. The number of nitrogens with one attached hydrogen (secondary N) is 1. The number of aromatic carboxylic acids is 1. The fraction of sp³-hybridized carbons (Fsp3) is 0.118. The van der Waals surface area contributed by atoms with Crippen molar-refractivity contribution in [1.29, 1.82) is 0 Å². The van der Waals surface area contributed by atoms with Crippen LogP contribution in [-0.4, -0.2) is 22.8 Å². The molecule has 0 bridgehead atoms. The lowest BCUT2D eigenvalue weighted by Crippen LogP contribution is -2.19. The molecule has 2 rings (SSSR count). The number of rotatable bonds is 4. The summed E-state index contributed by atoms with van der Waals surface area (Å²) in [6, 6.07) is 11.8. The van der Waals surface area contributed by atoms with Crippen LogP contribution in [0.3, 0.4) is 0 Å². The molecule has 1 amide bonds. The Bertz CT molecular complexity index is 748. The van der Waals surface area contributed by atoms with Crippen LogP contribution in [0.5, 0.6) is 0 Å². The third kappa shape index (κ3) is 3.38. The second kappa shape index (κ2) is 6.22. The molecule has 0 aliphatic rings. The van der Waals surface area contributed by atoms with E-state index in [1.165, 1.54) is 19.1 Å². The Hall–Kier alpha value is -2.95. The van der Waals surface area contributed by atoms with Crippen molar-refractivity contribution in [3.63, 3.8) is 0 Å². The number of hydrogen-bond acceptors (Lipinski definition) is 3. The summed E-state index contributed by atoms with van der Waals surface area (Å²) in [4.78, 5) is 33.3. The summed E-state index contributed by atoms with van der Waals surface area (Å²) in [5, 5.41) is 11.4. The summed E-state index contributed by atoms with van der Waals surface area (Å²) in [7, 11) is 0. The van der Waals surface area contributed by atoms with Gasteiger partial charge in [-0.3, -0.25) is 9.59 Å². The Labute approximate surface area is 127 Å². The van der Waals surface area contributed by atoms with E-state index < -0.39 is 17.7 Å². The predicted octanol–water partition coefficient (Wildman–Crippen LogP) is 2.89. The predicted molar refractivity (Wildman–Crippen MR) is 82.9 cm³/mol. The van der Waals surface area contributed by atoms with Crippen molar-refractivity contribution in [2.45, 2.75) is 13.8 Å². The average Bonchev–Trinajstić information content (AvgIpc) is 2.49. The highest BCUT2D eigenvalue weighted by Gasteiger charge is 2.10. The van der Waals surface area contributed by atoms with Crippen LogP contribution in [0.1, 0.15) is 22.8 Å². The van der Waals surface area contributed by atoms with E-state index >= 15 is 0 Å². The normalized spacial score (nSPS) is 10.1. The van der Waals surface area contributed by atoms with E-state index in [-0.39, 0.29) is 5.56 Å². The third-order valence-electron chi connectivity index (χ3n) is 3.26. The van der Waals surface area contributed by atoms with Crippen molar-refractivity contribution in [1.82, 2.24) is 0 Å². The fourth-order valence-electron chi connectivity index (χ4n) is 2.02. The zero-order valence-electron chi connectivity index (χ0n) is 12.2. The second-order valence-corrected chi connectivity index (χ2v) is 4.92. The molecule has 22 heavy (non-hydrogen) atoms. The van der Waals surface area contributed by atoms with Crippen LogP contribution < -0.4 is 5.32 Å². The van der Waals surface area contributed by atoms with Gasteiger partial charge in [-0.15, -0.1) is 0 Å². The number of carbonyl (C=O) groups excluding carboxylic acids is 2. The highest BCUT2D eigenvalue weighted by atomic mass is 16.4. The second-order valence-electron chi connectivity index (χ2n) is 4.92. The Balaban J connectivity index is 2.36. The van der Waals surface area contributed by atoms with Gasteiger partial charge in [0.15, 0.2) is 0 Å². The first-order chi connectivity index (χ1) is 10.4. The minimum absolute atomic E-state index is 0.211. The molecule has 0 spiro atoms. The lowest BCUT2D eigenvalue weighted by molar-refractivity contribution is -0.133. The number of carboxylic acid groups (broad SMARTS) is 1. The maximum Gasteiger partial charge on any atom is 0.335 e. The van der Waals surface area contributed by atoms with Gasteiger partial charge in [0.1, 0.15) is 0 Å². The number of carboxylic acids is 1. The molecule has 112 valence electrons. The van der Waals surface area contributed by atoms with Gasteiger partial charge in [-0.2, -0.15) is 0 Å². The molecule has 0 saturated carbocycles. The SMILES string of the molecule is CC(=O)C(=O)Nc1ccc(C)c(-c2ccc(C(=O)O)cc2)c1. The summed E-state index contributed by atoms with van der Waals surface area (Å²) in [5.41, 5.74) is 3.40. The van der Waals surface area contributed by atoms with Gasteiger partial charge in [0.2, 0.25) is 5.78 Å². The fourth-order valence-corrected chi connectivity index (χ4v) is 2.02. The molecule has 0 radical (unpaired) electrons. The number of ketones is 1. The Morgan fingerprint density at radius 3 is 2.18 bits per heavy atom. The topological polar surface area (TPSA) is 83.5 Å². The lowest BCUT2D eigenvalue weighted by Gasteiger charge is -2.10. The van der Waals surface area contributed by atoms with E-state index in [2.05, 4.69) is 5.32 Å². The van der Waals surface area contributed by atoms with E-state index in [9.17, 15) is 14.4 Å². The number of benzene rings is 2. The Kier molecular flexibility index (Phi) is 4.36. The zero-order valence-corrected chi connectivity index (χ0v) is 12.2. The van der Waals surface area contributed by atoms with Crippen LogP contribution in [-0.2, 0) is 9.59 Å². The van der Waals surface area contributed by atoms with Gasteiger partial charge < -0.3 is 10.4 Å². The van der Waals surface area contributed by atoms with Crippen LogP contribution in [0.2, 0.25) is 0 Å². The minimum atomic E-state index is -0.981. The smallest absolute Gasteiger partial charge is 0.335 e. The monoisotopic (exact) mass is 297 g/mol. The van der Waals surface area contributed by atoms with Crippen molar-refractivity contribution in [2.75, 3.05) is 5.32 Å². The molecule has 0 saturated heterocycles. The van der Waals surface area contributed by atoms with Gasteiger partial charge in [0, 0.05) is 12.6 Å². The van der Waals surface area contributed by atoms with Crippen molar-refractivity contribution < 1.29 is 19.5 Å². The molecule has 2 aromatic carbocycles. The number of anilines is 1. The number of carbonyl (C=O) groups is 3. The quantitative estimate of drug-likeness (QED) is 0.850. The molecule has 2 aromatic rings. The molecular formula is C17H15NO4. The van der Waals surface area contributed by atoms with Gasteiger partial charge in [-0.25, -0.2) is 4.79 Å². The van der Waals surface area contributed by atoms with E-state index in [1.54, 1.807) is 24.3 Å². The van der Waals surface area contributed by atoms with E-state index in [0.717, 1.165) is 16.7 Å². The minimum Gasteiger partial charge on any atom is -0.478 e. The van der Waals surface area contributed by atoms with Crippen molar-refractivity contribution in [3.8, 4) is 11.1 Å². The molecule has 5 heteroatoms. The van der Waals surface area contributed by atoms with Gasteiger partial charge in [0.25, 0.3) is 5.91 Å². The number of amides is 1. The Morgan fingerprint density at radius 2 is 1.64 bits per heavy atom. The van der Waals surface area contributed by atoms with Crippen LogP contribution in [0, 0.1) is 6.92 Å². The largest absolute Gasteiger partial charge is 0.478 e. The standard InChI is InChI=1S/C17H15NO4/c1-10-3-8-14(18-16(20)11(2)19)9-15(10)12-4-6-13(7-5-12)17(21)22/h3-9H,1-2H3,(H,18,20)(H,21,22). The van der Waals surface area contributed by atoms with E-state index in [0.29, 0.717) is 5.69 Å². The van der Waals surface area contributed by atoms with Gasteiger partial charge >= 0.3 is 5.97 Å². The van der Waals surface area contributed by atoms with Gasteiger partial charge in [-0.05, 0) is 47.9 Å². The molecule has 0 heterocycles. The molecule has 2 N–H and O–H groups in total. The van der Waals surface area contributed by atoms with Crippen LogP contribution >= 0.6 is 0 Å². The Morgan fingerprint density at radius 1 is 1.00 bits per heavy atom. The molecule has 5 nitrogen and oxygen atoms in total. The number of Topliss-reactive ketones (excluding diaryl/α,β-unsaturated/α-hetero) is 1. The first kappa shape index (κ1) is 15.4. The molecule has 0 aromatic heterocycles. The summed E-state index contributed by atoms with van der Waals surface area (Å²) < 4.78 is 0. The summed E-state index contributed by atoms with van der Waals surface area (Å²) >= 11 is 0. The van der Waals surface area contributed by atoms with Crippen LogP contribution in [0.4, 0.5) is 5.69 Å². The third-order valence-corrected chi connectivity index (χ3v) is 3.26. The van der Waals surface area contributed by atoms with Crippen LogP contribution in [0.25, 0.3) is 11.1 Å². The first-order valence-electron chi connectivity index (χ1n) is 6.65. The molecular weight excluding hydrogens is 282 g/mol.